The molecule has 2 atom stereocenters. The van der Waals surface area contributed by atoms with E-state index in [-0.39, 0.29) is 11.9 Å². The van der Waals surface area contributed by atoms with E-state index in [1.807, 2.05) is 44.2 Å². The van der Waals surface area contributed by atoms with E-state index in [4.69, 9.17) is 4.74 Å². The van der Waals surface area contributed by atoms with Crippen LogP contribution in [0.15, 0.2) is 54.6 Å². The lowest BCUT2D eigenvalue weighted by molar-refractivity contribution is -0.125. The lowest BCUT2D eigenvalue weighted by atomic mass is 9.99. The van der Waals surface area contributed by atoms with E-state index in [1.165, 1.54) is 11.1 Å². The second-order valence-corrected chi connectivity index (χ2v) is 7.02. The molecule has 0 bridgehead atoms. The van der Waals surface area contributed by atoms with Crippen molar-refractivity contribution >= 4 is 5.91 Å². The Morgan fingerprint density at radius 2 is 2.04 bits per heavy atom. The third-order valence-electron chi connectivity index (χ3n) is 5.08. The number of likely N-dealkylation sites (tertiary alicyclic amines) is 1. The summed E-state index contributed by atoms with van der Waals surface area (Å²) >= 11 is 0. The fourth-order valence-corrected chi connectivity index (χ4v) is 3.50. The van der Waals surface area contributed by atoms with Gasteiger partial charge in [-0.25, -0.2) is 0 Å². The van der Waals surface area contributed by atoms with Crippen molar-refractivity contribution in [1.29, 1.82) is 0 Å². The summed E-state index contributed by atoms with van der Waals surface area (Å²) in [5.41, 5.74) is 2.54. The van der Waals surface area contributed by atoms with Gasteiger partial charge in [-0.15, -0.1) is 0 Å². The number of ether oxygens (including phenoxy) is 1. The molecule has 0 radical (unpaired) electrons. The third kappa shape index (κ3) is 4.85. The van der Waals surface area contributed by atoms with Crippen LogP contribution in [0.1, 0.15) is 30.4 Å². The Labute approximate surface area is 156 Å². The van der Waals surface area contributed by atoms with Gasteiger partial charge in [0.15, 0.2) is 0 Å². The maximum atomic E-state index is 12.4. The van der Waals surface area contributed by atoms with E-state index in [9.17, 15) is 4.79 Å². The zero-order chi connectivity index (χ0) is 18.4. The monoisotopic (exact) mass is 352 g/mol. The van der Waals surface area contributed by atoms with Gasteiger partial charge in [0.1, 0.15) is 12.4 Å². The van der Waals surface area contributed by atoms with Gasteiger partial charge in [0.2, 0.25) is 5.91 Å². The average molecular weight is 352 g/mol. The highest BCUT2D eigenvalue weighted by Crippen LogP contribution is 2.28. The zero-order valence-electron chi connectivity index (χ0n) is 15.7. The van der Waals surface area contributed by atoms with Crippen molar-refractivity contribution in [3.05, 3.63) is 65.7 Å². The van der Waals surface area contributed by atoms with Crippen molar-refractivity contribution in [1.82, 2.24) is 10.2 Å². The minimum Gasteiger partial charge on any atom is -0.492 e. The lowest BCUT2D eigenvalue weighted by Gasteiger charge is -2.23. The number of hydrogen-bond acceptors (Lipinski definition) is 3. The maximum Gasteiger partial charge on any atom is 0.237 e. The van der Waals surface area contributed by atoms with E-state index in [0.29, 0.717) is 19.1 Å². The van der Waals surface area contributed by atoms with Crippen LogP contribution >= 0.6 is 0 Å². The van der Waals surface area contributed by atoms with Crippen LogP contribution in [-0.4, -0.2) is 43.1 Å². The van der Waals surface area contributed by atoms with E-state index >= 15 is 0 Å². The predicted octanol–water partition coefficient (Wildman–Crippen LogP) is 3.37. The molecule has 1 aliphatic heterocycles. The molecule has 0 saturated carbocycles. The van der Waals surface area contributed by atoms with Crippen LogP contribution in [0.3, 0.4) is 0 Å². The van der Waals surface area contributed by atoms with Crippen molar-refractivity contribution in [3.63, 3.8) is 0 Å². The zero-order valence-corrected chi connectivity index (χ0v) is 15.7. The maximum absolute atomic E-state index is 12.4. The molecule has 1 saturated heterocycles. The molecule has 138 valence electrons. The second kappa shape index (κ2) is 8.86. The molecule has 1 N–H and O–H groups in total. The molecule has 2 aromatic carbocycles. The number of aryl methyl sites for hydroxylation is 1. The molecular formula is C22H28N2O2. The molecule has 1 aliphatic rings. The molecule has 2 aromatic rings. The lowest BCUT2D eigenvalue weighted by Crippen LogP contribution is -2.45. The highest BCUT2D eigenvalue weighted by atomic mass is 16.5. The van der Waals surface area contributed by atoms with Crippen LogP contribution in [0.25, 0.3) is 0 Å². The Hall–Kier alpha value is -2.33. The summed E-state index contributed by atoms with van der Waals surface area (Å²) in [6, 6.07) is 18.4. The number of carbonyl (C=O) groups excluding carboxylic acids is 1. The highest BCUT2D eigenvalue weighted by molar-refractivity contribution is 5.81. The highest BCUT2D eigenvalue weighted by Gasteiger charge is 2.30. The summed E-state index contributed by atoms with van der Waals surface area (Å²) in [4.78, 5) is 14.7. The Bertz CT molecular complexity index is 717. The van der Waals surface area contributed by atoms with E-state index < -0.39 is 0 Å². The van der Waals surface area contributed by atoms with Crippen LogP contribution in [-0.2, 0) is 4.79 Å². The molecule has 0 aliphatic carbocycles. The number of nitrogens with one attached hydrogen (secondary N) is 1. The summed E-state index contributed by atoms with van der Waals surface area (Å²) in [6.07, 6.45) is 1.11. The largest absolute Gasteiger partial charge is 0.492 e. The number of nitrogens with zero attached hydrogens (tertiary/aromatic N) is 1. The van der Waals surface area contributed by atoms with Crippen molar-refractivity contribution < 1.29 is 9.53 Å². The standard InChI is InChI=1S/C22H28N2O2/c1-17-7-6-10-21(15-17)26-14-12-23-22(25)18(2)24-13-11-20(16-24)19-8-4-3-5-9-19/h3-10,15,18,20H,11-14,16H2,1-2H3,(H,23,25). The Morgan fingerprint density at radius 3 is 2.81 bits per heavy atom. The van der Waals surface area contributed by atoms with Crippen LogP contribution in [0.2, 0.25) is 0 Å². The first-order valence-corrected chi connectivity index (χ1v) is 9.39. The fraction of sp³-hybridized carbons (Fsp3) is 0.409. The third-order valence-corrected chi connectivity index (χ3v) is 5.08. The average Bonchev–Trinajstić information content (AvgIpc) is 3.15. The SMILES string of the molecule is Cc1cccc(OCCNC(=O)C(C)N2CCC(c3ccccc3)C2)c1. The molecule has 0 aromatic heterocycles. The van der Waals surface area contributed by atoms with Gasteiger partial charge in [0.25, 0.3) is 0 Å². The topological polar surface area (TPSA) is 41.6 Å². The van der Waals surface area contributed by atoms with Crippen molar-refractivity contribution in [3.8, 4) is 5.75 Å². The summed E-state index contributed by atoms with van der Waals surface area (Å²) in [5.74, 6) is 1.44. The quantitative estimate of drug-likeness (QED) is 0.777. The van der Waals surface area contributed by atoms with Gasteiger partial charge in [0, 0.05) is 6.54 Å². The molecule has 0 spiro atoms. The summed E-state index contributed by atoms with van der Waals surface area (Å²) < 4.78 is 5.69. The van der Waals surface area contributed by atoms with Gasteiger partial charge in [0.05, 0.1) is 12.6 Å². The van der Waals surface area contributed by atoms with Gasteiger partial charge in [-0.1, -0.05) is 42.5 Å². The Kier molecular flexibility index (Phi) is 6.29. The van der Waals surface area contributed by atoms with Gasteiger partial charge in [-0.3, -0.25) is 9.69 Å². The van der Waals surface area contributed by atoms with Gasteiger partial charge in [-0.2, -0.15) is 0 Å². The minimum absolute atomic E-state index is 0.0755. The summed E-state index contributed by atoms with van der Waals surface area (Å²) in [6.45, 7) is 6.94. The summed E-state index contributed by atoms with van der Waals surface area (Å²) in [5, 5.41) is 2.99. The normalized spacial score (nSPS) is 18.5. The molecule has 4 heteroatoms. The van der Waals surface area contributed by atoms with Crippen molar-refractivity contribution in [2.75, 3.05) is 26.2 Å². The molecule has 3 rings (SSSR count). The van der Waals surface area contributed by atoms with E-state index in [0.717, 1.165) is 25.3 Å². The second-order valence-electron chi connectivity index (χ2n) is 7.02. The number of amides is 1. The fourth-order valence-electron chi connectivity index (χ4n) is 3.50. The molecule has 2 unspecified atom stereocenters. The van der Waals surface area contributed by atoms with Crippen LogP contribution in [0.5, 0.6) is 5.75 Å². The molecule has 1 fully saturated rings. The molecule has 4 nitrogen and oxygen atoms in total. The molecule has 26 heavy (non-hydrogen) atoms. The van der Waals surface area contributed by atoms with Crippen molar-refractivity contribution in [2.24, 2.45) is 0 Å². The molecular weight excluding hydrogens is 324 g/mol. The van der Waals surface area contributed by atoms with Gasteiger partial charge >= 0.3 is 0 Å². The van der Waals surface area contributed by atoms with Crippen LogP contribution in [0.4, 0.5) is 0 Å². The summed E-state index contributed by atoms with van der Waals surface area (Å²) in [7, 11) is 0. The van der Waals surface area contributed by atoms with E-state index in [2.05, 4.69) is 34.5 Å². The first kappa shape index (κ1) is 18.5. The predicted molar refractivity (Wildman–Crippen MR) is 105 cm³/mol. The molecule has 1 heterocycles. The number of rotatable bonds is 7. The smallest absolute Gasteiger partial charge is 0.237 e. The number of carbonyl (C=O) groups is 1. The van der Waals surface area contributed by atoms with Crippen LogP contribution < -0.4 is 10.1 Å². The van der Waals surface area contributed by atoms with Gasteiger partial charge in [-0.05, 0) is 56.0 Å². The number of benzene rings is 2. The van der Waals surface area contributed by atoms with Crippen molar-refractivity contribution in [2.45, 2.75) is 32.2 Å². The van der Waals surface area contributed by atoms with Gasteiger partial charge < -0.3 is 10.1 Å². The first-order chi connectivity index (χ1) is 12.6. The first-order valence-electron chi connectivity index (χ1n) is 9.39. The Morgan fingerprint density at radius 1 is 1.23 bits per heavy atom. The van der Waals surface area contributed by atoms with E-state index in [1.54, 1.807) is 0 Å². The van der Waals surface area contributed by atoms with Crippen LogP contribution in [0, 0.1) is 6.92 Å². The minimum atomic E-state index is -0.109. The molecule has 1 amide bonds. The Balaban J connectivity index is 1.41. The number of hydrogen-bond donors (Lipinski definition) is 1.